The quantitative estimate of drug-likeness (QED) is 0.330. The van der Waals surface area contributed by atoms with E-state index in [9.17, 15) is 29.0 Å². The number of hydrogen-bond acceptors (Lipinski definition) is 4. The van der Waals surface area contributed by atoms with Gasteiger partial charge in [0.05, 0.1) is 0 Å². The van der Waals surface area contributed by atoms with Gasteiger partial charge in [0.1, 0.15) is 9.85 Å². The molecule has 0 spiro atoms. The molecule has 0 atom stereocenters. The van der Waals surface area contributed by atoms with E-state index in [1.165, 1.54) is 0 Å². The minimum absolute atomic E-state index is 1.63. The van der Waals surface area contributed by atoms with Crippen molar-refractivity contribution < 1.29 is 18.6 Å². The van der Waals surface area contributed by atoms with Crippen LogP contribution in [0, 0.1) is 20.2 Å². The summed E-state index contributed by atoms with van der Waals surface area (Å²) in [7, 11) is 0. The molecule has 8 heteroatoms. The zero-order valence-corrected chi connectivity index (χ0v) is 4.44. The third-order valence-corrected chi connectivity index (χ3v) is 0.657. The molecule has 0 amide bonds. The molecule has 0 aromatic carbocycles. The summed E-state index contributed by atoms with van der Waals surface area (Å²) in [5.74, 6) is 0. The molecule has 0 fully saturated rings. The average molecular weight is 156 g/mol. The van der Waals surface area contributed by atoms with Gasteiger partial charge in [0.2, 0.25) is 0 Å². The first-order valence-corrected chi connectivity index (χ1v) is 2.02. The van der Waals surface area contributed by atoms with Gasteiger partial charge in [-0.1, -0.05) is 0 Å². The largest absolute Gasteiger partial charge is 0.509 e. The van der Waals surface area contributed by atoms with Crippen molar-refractivity contribution >= 4 is 0 Å². The van der Waals surface area contributed by atoms with Crippen molar-refractivity contribution in [2.24, 2.45) is 0 Å². The fourth-order valence-electron chi connectivity index (χ4n) is 0.261. The Morgan fingerprint density at radius 1 is 1.10 bits per heavy atom. The Balaban J connectivity index is 4.27. The lowest BCUT2D eigenvalue weighted by Crippen LogP contribution is -2.35. The topological polar surface area (TPSA) is 86.3 Å². The van der Waals surface area contributed by atoms with Crippen LogP contribution in [0.15, 0.2) is 0 Å². The van der Waals surface area contributed by atoms with Crippen LogP contribution >= 0.6 is 0 Å². The molecule has 0 aromatic rings. The van der Waals surface area contributed by atoms with Crippen LogP contribution in [0.3, 0.4) is 0 Å². The Morgan fingerprint density at radius 3 is 1.40 bits per heavy atom. The van der Waals surface area contributed by atoms with Crippen molar-refractivity contribution in [2.75, 3.05) is 0 Å². The lowest BCUT2D eigenvalue weighted by atomic mass is 10.6. The van der Waals surface area contributed by atoms with E-state index in [1.807, 2.05) is 0 Å². The number of nitrogens with zero attached hydrogens (tertiary/aromatic N) is 2. The molecular formula is C2H2F2N2O4. The maximum atomic E-state index is 11.3. The monoisotopic (exact) mass is 156 g/mol. The third-order valence-electron chi connectivity index (χ3n) is 0.657. The third kappa shape index (κ3) is 1.88. The van der Waals surface area contributed by atoms with Gasteiger partial charge in [-0.3, -0.25) is 20.2 Å². The van der Waals surface area contributed by atoms with Crippen molar-refractivity contribution in [3.63, 3.8) is 0 Å². The summed E-state index contributed by atoms with van der Waals surface area (Å²) in [6.07, 6.45) is -6.56. The molecule has 0 saturated carbocycles. The Labute approximate surface area is 52.7 Å². The normalized spacial score (nSPS) is 10.4. The number of nitro groups is 2. The molecule has 0 heterocycles. The zero-order valence-electron chi connectivity index (χ0n) is 4.44. The van der Waals surface area contributed by atoms with Crippen molar-refractivity contribution in [1.82, 2.24) is 0 Å². The number of hydrogen-bond donors (Lipinski definition) is 0. The van der Waals surface area contributed by atoms with Crippen molar-refractivity contribution in [3.05, 3.63) is 20.2 Å². The lowest BCUT2D eigenvalue weighted by molar-refractivity contribution is -0.754. The molecule has 0 aromatic heterocycles. The summed E-state index contributed by atoms with van der Waals surface area (Å²) in [6, 6.07) is 0. The molecule has 10 heavy (non-hydrogen) atoms. The highest BCUT2D eigenvalue weighted by Gasteiger charge is 2.43. The maximum Gasteiger partial charge on any atom is 0.509 e. The van der Waals surface area contributed by atoms with Crippen LogP contribution in [0.2, 0.25) is 0 Å². The fraction of sp³-hybridized carbons (Fsp3) is 1.00. The first-order valence-electron chi connectivity index (χ1n) is 2.02. The smallest absolute Gasteiger partial charge is 0.258 e. The first-order chi connectivity index (χ1) is 4.46. The summed E-state index contributed by atoms with van der Waals surface area (Å²) >= 11 is 0. The minimum Gasteiger partial charge on any atom is -0.258 e. The molecule has 0 aliphatic heterocycles. The molecule has 58 valence electrons. The van der Waals surface area contributed by atoms with Crippen LogP contribution in [0.4, 0.5) is 8.78 Å². The van der Waals surface area contributed by atoms with Crippen LogP contribution in [0.25, 0.3) is 0 Å². The number of rotatable bonds is 3. The van der Waals surface area contributed by atoms with Crippen LogP contribution < -0.4 is 0 Å². The van der Waals surface area contributed by atoms with Gasteiger partial charge in [-0.2, -0.15) is 8.78 Å². The van der Waals surface area contributed by atoms with Crippen LogP contribution in [0.5, 0.6) is 0 Å². The van der Waals surface area contributed by atoms with E-state index in [2.05, 4.69) is 0 Å². The summed E-state index contributed by atoms with van der Waals surface area (Å²) in [5.41, 5.74) is 0. The molecule has 0 bridgehead atoms. The maximum absolute atomic E-state index is 11.3. The van der Waals surface area contributed by atoms with Gasteiger partial charge in [0, 0.05) is 0 Å². The van der Waals surface area contributed by atoms with Gasteiger partial charge < -0.3 is 0 Å². The average Bonchev–Trinajstić information content (AvgIpc) is 1.59. The lowest BCUT2D eigenvalue weighted by Gasteiger charge is -1.97. The summed E-state index contributed by atoms with van der Waals surface area (Å²) in [6.45, 7) is 0. The molecule has 0 N–H and O–H groups in total. The van der Waals surface area contributed by atoms with Crippen LogP contribution in [0.1, 0.15) is 0 Å². The SMILES string of the molecule is O=[N+]([O-])C(C(F)F)[N+](=O)[O-]. The van der Waals surface area contributed by atoms with E-state index in [4.69, 9.17) is 0 Å². The Bertz CT molecular complexity index is 145. The zero-order chi connectivity index (χ0) is 8.31. The van der Waals surface area contributed by atoms with Gasteiger partial charge in [-0.25, -0.2) is 0 Å². The van der Waals surface area contributed by atoms with Crippen molar-refractivity contribution in [2.45, 2.75) is 12.6 Å². The summed E-state index contributed by atoms with van der Waals surface area (Å²) in [4.78, 5) is 15.7. The van der Waals surface area contributed by atoms with Gasteiger partial charge in [-0.15, -0.1) is 0 Å². The van der Waals surface area contributed by atoms with Gasteiger partial charge >= 0.3 is 12.6 Å². The molecule has 0 aliphatic carbocycles. The van der Waals surface area contributed by atoms with Gasteiger partial charge in [-0.05, 0) is 0 Å². The van der Waals surface area contributed by atoms with Crippen molar-refractivity contribution in [3.8, 4) is 0 Å². The molecule has 6 nitrogen and oxygen atoms in total. The standard InChI is InChI=1S/C2H2F2N2O4/c3-1(4)2(5(7)8)6(9)10/h1-2H. The highest BCUT2D eigenvalue weighted by Crippen LogP contribution is 2.04. The molecular weight excluding hydrogens is 154 g/mol. The molecule has 0 radical (unpaired) electrons. The first kappa shape index (κ1) is 8.66. The minimum atomic E-state index is -3.56. The molecule has 0 aliphatic rings. The van der Waals surface area contributed by atoms with Crippen LogP contribution in [-0.4, -0.2) is 22.4 Å². The van der Waals surface area contributed by atoms with E-state index >= 15 is 0 Å². The Hall–Kier alpha value is -1.34. The molecule has 0 rings (SSSR count). The Kier molecular flexibility index (Phi) is 2.59. The number of halogens is 2. The molecule has 0 unspecified atom stereocenters. The summed E-state index contributed by atoms with van der Waals surface area (Å²) < 4.78 is 22.6. The van der Waals surface area contributed by atoms with E-state index in [-0.39, 0.29) is 0 Å². The second-order valence-electron chi connectivity index (χ2n) is 1.32. The highest BCUT2D eigenvalue weighted by molar-refractivity contribution is 4.41. The van der Waals surface area contributed by atoms with E-state index in [0.717, 1.165) is 0 Å². The van der Waals surface area contributed by atoms with Gasteiger partial charge in [0.25, 0.3) is 0 Å². The second-order valence-corrected chi connectivity index (χ2v) is 1.32. The Morgan fingerprint density at radius 2 is 1.40 bits per heavy atom. The van der Waals surface area contributed by atoms with E-state index < -0.39 is 22.4 Å². The fourth-order valence-corrected chi connectivity index (χ4v) is 0.261. The predicted octanol–water partition coefficient (Wildman–Crippen LogP) is 0.131. The van der Waals surface area contributed by atoms with Crippen LogP contribution in [-0.2, 0) is 0 Å². The van der Waals surface area contributed by atoms with E-state index in [0.29, 0.717) is 0 Å². The van der Waals surface area contributed by atoms with E-state index in [1.54, 1.807) is 0 Å². The summed E-state index contributed by atoms with van der Waals surface area (Å²) in [5, 5.41) is 18.9. The predicted molar refractivity (Wildman–Crippen MR) is 23.8 cm³/mol. The number of alkyl halides is 2. The van der Waals surface area contributed by atoms with Crippen molar-refractivity contribution in [1.29, 1.82) is 0 Å². The molecule has 0 saturated heterocycles. The van der Waals surface area contributed by atoms with Gasteiger partial charge in [0.15, 0.2) is 0 Å². The highest BCUT2D eigenvalue weighted by atomic mass is 19.3. The second kappa shape index (κ2) is 2.99.